The molecule has 2 N–H and O–H groups in total. The first-order chi connectivity index (χ1) is 9.04. The Morgan fingerprint density at radius 3 is 2.37 bits per heavy atom. The maximum Gasteiger partial charge on any atom is 0.187 e. The molecule has 4 heteroatoms. The van der Waals surface area contributed by atoms with Gasteiger partial charge in [0.1, 0.15) is 0 Å². The van der Waals surface area contributed by atoms with Crippen LogP contribution in [-0.2, 0) is 6.54 Å². The minimum absolute atomic E-state index is 0.316. The van der Waals surface area contributed by atoms with Crippen molar-refractivity contribution >= 4 is 0 Å². The second-order valence-electron chi connectivity index (χ2n) is 5.04. The van der Waals surface area contributed by atoms with Crippen LogP contribution in [0.25, 0.3) is 0 Å². The molecule has 0 amide bonds. The van der Waals surface area contributed by atoms with E-state index in [1.807, 2.05) is 0 Å². The van der Waals surface area contributed by atoms with Crippen molar-refractivity contribution in [2.24, 2.45) is 0 Å². The Morgan fingerprint density at radius 2 is 1.79 bits per heavy atom. The quantitative estimate of drug-likeness (QED) is 0.697. The van der Waals surface area contributed by atoms with E-state index in [1.54, 1.807) is 0 Å². The smallest absolute Gasteiger partial charge is 0.187 e. The Kier molecular flexibility index (Phi) is 6.78. The third-order valence-electron chi connectivity index (χ3n) is 3.22. The first-order valence-electron chi connectivity index (χ1n) is 6.94. The van der Waals surface area contributed by atoms with Crippen LogP contribution < -0.4 is 5.32 Å². The van der Waals surface area contributed by atoms with E-state index < -0.39 is 17.4 Å². The lowest BCUT2D eigenvalue weighted by Crippen LogP contribution is -2.25. The fourth-order valence-corrected chi connectivity index (χ4v) is 1.99. The summed E-state index contributed by atoms with van der Waals surface area (Å²) < 4.78 is 26.3. The predicted octanol–water partition coefficient (Wildman–Crippen LogP) is 4.12. The summed E-state index contributed by atoms with van der Waals surface area (Å²) in [5, 5.41) is 12.2. The molecule has 1 rings (SSSR count). The van der Waals surface area contributed by atoms with Crippen LogP contribution in [0.2, 0.25) is 0 Å². The lowest BCUT2D eigenvalue weighted by molar-refractivity contribution is 0.394. The molecule has 0 aromatic heterocycles. The molecule has 0 bridgehead atoms. The van der Waals surface area contributed by atoms with Crippen molar-refractivity contribution in [2.45, 2.75) is 58.5 Å². The van der Waals surface area contributed by atoms with Crippen LogP contribution in [0.15, 0.2) is 12.1 Å². The fraction of sp³-hybridized carbons (Fsp3) is 0.600. The average molecular weight is 271 g/mol. The van der Waals surface area contributed by atoms with Gasteiger partial charge in [-0.2, -0.15) is 0 Å². The number of hydrogen-bond donors (Lipinski definition) is 2. The molecule has 1 aromatic carbocycles. The van der Waals surface area contributed by atoms with E-state index in [0.29, 0.717) is 18.2 Å². The van der Waals surface area contributed by atoms with Gasteiger partial charge >= 0.3 is 0 Å². The largest absolute Gasteiger partial charge is 0.503 e. The normalized spacial score (nSPS) is 12.6. The minimum atomic E-state index is -0.910. The molecular weight excluding hydrogens is 248 g/mol. The van der Waals surface area contributed by atoms with Gasteiger partial charge in [0.05, 0.1) is 0 Å². The molecule has 2 nitrogen and oxygen atoms in total. The van der Waals surface area contributed by atoms with Crippen molar-refractivity contribution < 1.29 is 13.9 Å². The molecule has 108 valence electrons. The van der Waals surface area contributed by atoms with E-state index in [9.17, 15) is 8.78 Å². The van der Waals surface area contributed by atoms with E-state index in [4.69, 9.17) is 5.11 Å². The highest BCUT2D eigenvalue weighted by Crippen LogP contribution is 2.21. The molecule has 1 atom stereocenters. The van der Waals surface area contributed by atoms with Gasteiger partial charge in [0, 0.05) is 12.6 Å². The van der Waals surface area contributed by atoms with Gasteiger partial charge in [-0.05, 0) is 31.0 Å². The van der Waals surface area contributed by atoms with Crippen molar-refractivity contribution in [2.75, 3.05) is 0 Å². The standard InChI is InChI=1S/C15H23F2NO/c1-3-4-5-6-7-11(2)18-10-12-8-13(16)15(19)14(17)9-12/h8-9,11,18-19H,3-7,10H2,1-2H3. The summed E-state index contributed by atoms with van der Waals surface area (Å²) in [5.41, 5.74) is 0.508. The lowest BCUT2D eigenvalue weighted by Gasteiger charge is -2.14. The van der Waals surface area contributed by atoms with Crippen LogP contribution in [0.5, 0.6) is 5.75 Å². The van der Waals surface area contributed by atoms with E-state index >= 15 is 0 Å². The van der Waals surface area contributed by atoms with Crippen molar-refractivity contribution in [3.8, 4) is 5.75 Å². The van der Waals surface area contributed by atoms with E-state index in [2.05, 4.69) is 19.2 Å². The predicted molar refractivity (Wildman–Crippen MR) is 73.1 cm³/mol. The molecular formula is C15H23F2NO. The van der Waals surface area contributed by atoms with Crippen LogP contribution in [0.4, 0.5) is 8.78 Å². The molecule has 0 saturated carbocycles. The highest BCUT2D eigenvalue weighted by Gasteiger charge is 2.10. The van der Waals surface area contributed by atoms with E-state index in [-0.39, 0.29) is 0 Å². The van der Waals surface area contributed by atoms with Gasteiger partial charge < -0.3 is 10.4 Å². The minimum Gasteiger partial charge on any atom is -0.503 e. The molecule has 1 unspecified atom stereocenters. The molecule has 0 aliphatic rings. The monoisotopic (exact) mass is 271 g/mol. The second kappa shape index (κ2) is 8.10. The molecule has 0 fully saturated rings. The summed E-state index contributed by atoms with van der Waals surface area (Å²) in [6, 6.07) is 2.64. The van der Waals surface area contributed by atoms with Gasteiger partial charge in [0.15, 0.2) is 17.4 Å². The molecule has 19 heavy (non-hydrogen) atoms. The zero-order chi connectivity index (χ0) is 14.3. The molecule has 0 aliphatic heterocycles. The number of phenols is 1. The number of aromatic hydroxyl groups is 1. The van der Waals surface area contributed by atoms with Crippen molar-refractivity contribution in [3.05, 3.63) is 29.3 Å². The van der Waals surface area contributed by atoms with Gasteiger partial charge in [0.2, 0.25) is 0 Å². The summed E-state index contributed by atoms with van der Waals surface area (Å²) in [6.07, 6.45) is 5.92. The zero-order valence-corrected chi connectivity index (χ0v) is 11.7. The second-order valence-corrected chi connectivity index (χ2v) is 5.04. The van der Waals surface area contributed by atoms with E-state index in [1.165, 1.54) is 25.7 Å². The van der Waals surface area contributed by atoms with Gasteiger partial charge in [-0.25, -0.2) is 8.78 Å². The first-order valence-corrected chi connectivity index (χ1v) is 6.94. The highest BCUT2D eigenvalue weighted by molar-refractivity contribution is 5.29. The summed E-state index contributed by atoms with van der Waals surface area (Å²) in [6.45, 7) is 4.65. The van der Waals surface area contributed by atoms with Gasteiger partial charge in [-0.3, -0.25) is 0 Å². The third-order valence-corrected chi connectivity index (χ3v) is 3.22. The maximum atomic E-state index is 13.1. The van der Waals surface area contributed by atoms with Crippen molar-refractivity contribution in [1.82, 2.24) is 5.32 Å². The highest BCUT2D eigenvalue weighted by atomic mass is 19.1. The average Bonchev–Trinajstić information content (AvgIpc) is 2.38. The first kappa shape index (κ1) is 15.9. The molecule has 0 aliphatic carbocycles. The Hall–Kier alpha value is -1.16. The summed E-state index contributed by atoms with van der Waals surface area (Å²) >= 11 is 0. The fourth-order valence-electron chi connectivity index (χ4n) is 1.99. The molecule has 0 radical (unpaired) electrons. The van der Waals surface area contributed by atoms with Crippen LogP contribution >= 0.6 is 0 Å². The number of benzene rings is 1. The zero-order valence-electron chi connectivity index (χ0n) is 11.7. The Balaban J connectivity index is 2.36. The summed E-state index contributed by atoms with van der Waals surface area (Å²) in [4.78, 5) is 0. The van der Waals surface area contributed by atoms with Crippen LogP contribution in [-0.4, -0.2) is 11.1 Å². The summed E-state index contributed by atoms with van der Waals surface area (Å²) in [5.74, 6) is -2.73. The van der Waals surface area contributed by atoms with Crippen LogP contribution in [0, 0.1) is 11.6 Å². The van der Waals surface area contributed by atoms with Gasteiger partial charge in [0.25, 0.3) is 0 Å². The maximum absolute atomic E-state index is 13.1. The Labute approximate surface area is 113 Å². The number of rotatable bonds is 8. The number of unbranched alkanes of at least 4 members (excludes halogenated alkanes) is 3. The number of phenolic OH excluding ortho intramolecular Hbond substituents is 1. The molecule has 1 aromatic rings. The number of hydrogen-bond acceptors (Lipinski definition) is 2. The SMILES string of the molecule is CCCCCCC(C)NCc1cc(F)c(O)c(F)c1. The van der Waals surface area contributed by atoms with Crippen molar-refractivity contribution in [1.29, 1.82) is 0 Å². The topological polar surface area (TPSA) is 32.3 Å². The van der Waals surface area contributed by atoms with Gasteiger partial charge in [-0.1, -0.05) is 32.6 Å². The molecule has 0 saturated heterocycles. The molecule has 0 heterocycles. The van der Waals surface area contributed by atoms with Crippen molar-refractivity contribution in [3.63, 3.8) is 0 Å². The Morgan fingerprint density at radius 1 is 1.16 bits per heavy atom. The van der Waals surface area contributed by atoms with E-state index in [0.717, 1.165) is 18.6 Å². The lowest BCUT2D eigenvalue weighted by atomic mass is 10.1. The third kappa shape index (κ3) is 5.55. The van der Waals surface area contributed by atoms with Gasteiger partial charge in [-0.15, -0.1) is 0 Å². The van der Waals surface area contributed by atoms with Crippen LogP contribution in [0.1, 0.15) is 51.5 Å². The number of nitrogens with one attached hydrogen (secondary N) is 1. The number of halogens is 2. The Bertz CT molecular complexity index is 373. The molecule has 0 spiro atoms. The summed E-state index contributed by atoms with van der Waals surface area (Å²) in [7, 11) is 0. The van der Waals surface area contributed by atoms with Crippen LogP contribution in [0.3, 0.4) is 0 Å².